The number of carbonyl (C=O) groups excluding carboxylic acids is 1. The summed E-state index contributed by atoms with van der Waals surface area (Å²) in [5.41, 5.74) is 1.81. The Balaban J connectivity index is 1.56. The summed E-state index contributed by atoms with van der Waals surface area (Å²) in [5.74, 6) is -0.190. The van der Waals surface area contributed by atoms with Crippen molar-refractivity contribution in [2.75, 3.05) is 0 Å². The van der Waals surface area contributed by atoms with E-state index in [-0.39, 0.29) is 22.2 Å². The first-order chi connectivity index (χ1) is 16.5. The molecule has 0 saturated carbocycles. The molecule has 1 aliphatic rings. The molecule has 3 aromatic carbocycles. The molecule has 5 rings (SSSR count). The zero-order valence-electron chi connectivity index (χ0n) is 17.6. The van der Waals surface area contributed by atoms with E-state index in [1.807, 2.05) is 24.3 Å². The second-order valence-electron chi connectivity index (χ2n) is 7.33. The molecule has 0 atom stereocenters. The van der Waals surface area contributed by atoms with Crippen LogP contribution < -0.4 is 10.9 Å². The zero-order valence-corrected chi connectivity index (χ0v) is 19.1. The van der Waals surface area contributed by atoms with Gasteiger partial charge in [0.25, 0.3) is 11.5 Å². The van der Waals surface area contributed by atoms with Crippen molar-refractivity contribution in [1.82, 2.24) is 19.9 Å². The Bertz CT molecular complexity index is 1560. The number of fused-ring (bicyclic) bond motifs is 1. The van der Waals surface area contributed by atoms with E-state index in [1.54, 1.807) is 60.7 Å². The molecular weight excluding hydrogens is 470 g/mol. The normalized spacial score (nSPS) is 15.0. The number of para-hydroxylation sites is 2. The van der Waals surface area contributed by atoms with E-state index < -0.39 is 5.91 Å². The van der Waals surface area contributed by atoms with Gasteiger partial charge in [0.2, 0.25) is 5.11 Å². The van der Waals surface area contributed by atoms with Crippen LogP contribution >= 0.6 is 23.8 Å². The van der Waals surface area contributed by atoms with Crippen LogP contribution in [0.1, 0.15) is 11.4 Å². The summed E-state index contributed by atoms with van der Waals surface area (Å²) < 4.78 is 1.45. The number of amides is 1. The lowest BCUT2D eigenvalue weighted by Crippen LogP contribution is -2.27. The van der Waals surface area contributed by atoms with Crippen LogP contribution in [0.3, 0.4) is 0 Å². The van der Waals surface area contributed by atoms with Crippen LogP contribution in [-0.4, -0.2) is 31.8 Å². The second kappa shape index (κ2) is 9.01. The fourth-order valence-corrected chi connectivity index (χ4v) is 3.98. The van der Waals surface area contributed by atoms with E-state index in [9.17, 15) is 9.59 Å². The summed E-state index contributed by atoms with van der Waals surface area (Å²) in [4.78, 5) is 30.8. The number of nitrogens with one attached hydrogen (secondary N) is 1. The van der Waals surface area contributed by atoms with E-state index in [2.05, 4.69) is 15.4 Å². The molecule has 9 heteroatoms. The summed E-state index contributed by atoms with van der Waals surface area (Å²) in [6.07, 6.45) is 2.96. The lowest BCUT2D eigenvalue weighted by molar-refractivity contribution is -0.122. The molecule has 0 bridgehead atoms. The van der Waals surface area contributed by atoms with Crippen molar-refractivity contribution in [3.8, 4) is 5.69 Å². The van der Waals surface area contributed by atoms with Gasteiger partial charge in [0, 0.05) is 5.02 Å². The van der Waals surface area contributed by atoms with Gasteiger partial charge in [-0.15, -0.1) is 0 Å². The molecule has 2 heterocycles. The molecule has 0 aliphatic carbocycles. The van der Waals surface area contributed by atoms with Crippen LogP contribution in [-0.2, 0) is 4.79 Å². The van der Waals surface area contributed by atoms with Crippen LogP contribution in [0, 0.1) is 0 Å². The van der Waals surface area contributed by atoms with Gasteiger partial charge in [0.15, 0.2) is 5.82 Å². The Morgan fingerprint density at radius 3 is 2.44 bits per heavy atom. The van der Waals surface area contributed by atoms with E-state index in [0.29, 0.717) is 27.2 Å². The number of thiocarbonyl (C=S) groups is 1. The van der Waals surface area contributed by atoms with E-state index in [4.69, 9.17) is 23.8 Å². The smallest absolute Gasteiger partial charge is 0.297 e. The maximum atomic E-state index is 13.3. The Labute approximate surface area is 204 Å². The Morgan fingerprint density at radius 1 is 0.941 bits per heavy atom. The lowest BCUT2D eigenvalue weighted by atomic mass is 10.2. The standard InChI is InChI=1S/C25H16ClN5O2S/c26-19-12-6-4-8-16(19)14-21-24(33)31(25(34)29-21)27-15-22-28-20-13-7-5-11-18(20)23(32)30(22)17-9-2-1-3-10-17/h1-15H,(H,29,34)/b21-14+,27-15-. The van der Waals surface area contributed by atoms with Gasteiger partial charge < -0.3 is 5.32 Å². The molecule has 0 spiro atoms. The van der Waals surface area contributed by atoms with E-state index in [0.717, 1.165) is 5.01 Å². The molecule has 1 fully saturated rings. The summed E-state index contributed by atoms with van der Waals surface area (Å²) in [6, 6.07) is 23.3. The maximum Gasteiger partial charge on any atom is 0.297 e. The molecule has 0 radical (unpaired) electrons. The first-order valence-corrected chi connectivity index (χ1v) is 11.0. The Kier molecular flexibility index (Phi) is 5.75. The molecule has 7 nitrogen and oxygen atoms in total. The van der Waals surface area contributed by atoms with Crippen LogP contribution in [0.25, 0.3) is 22.7 Å². The van der Waals surface area contributed by atoms with Crippen LogP contribution in [0.4, 0.5) is 0 Å². The SMILES string of the molecule is O=C1/C(=C\c2ccccc2Cl)NC(=S)N1/N=C\c1nc2ccccc2c(=O)n1-c1ccccc1. The monoisotopic (exact) mass is 485 g/mol. The van der Waals surface area contributed by atoms with Gasteiger partial charge in [0.1, 0.15) is 5.70 Å². The molecule has 4 aromatic rings. The van der Waals surface area contributed by atoms with Gasteiger partial charge in [-0.1, -0.05) is 60.1 Å². The molecule has 1 amide bonds. The average Bonchev–Trinajstić information content (AvgIpc) is 3.12. The highest BCUT2D eigenvalue weighted by Crippen LogP contribution is 2.21. The Morgan fingerprint density at radius 2 is 1.65 bits per heavy atom. The van der Waals surface area contributed by atoms with Crippen molar-refractivity contribution < 1.29 is 4.79 Å². The van der Waals surface area contributed by atoms with Crippen LogP contribution in [0.2, 0.25) is 5.02 Å². The van der Waals surface area contributed by atoms with Gasteiger partial charge in [-0.25, -0.2) is 4.98 Å². The number of nitrogens with zero attached hydrogens (tertiary/aromatic N) is 4. The molecule has 1 aromatic heterocycles. The molecule has 1 N–H and O–H groups in total. The number of rotatable bonds is 4. The maximum absolute atomic E-state index is 13.3. The van der Waals surface area contributed by atoms with Crippen molar-refractivity contribution in [3.05, 3.63) is 111 Å². The second-order valence-corrected chi connectivity index (χ2v) is 8.13. The third-order valence-electron chi connectivity index (χ3n) is 5.17. The fourth-order valence-electron chi connectivity index (χ4n) is 3.55. The zero-order chi connectivity index (χ0) is 23.7. The molecule has 166 valence electrons. The molecular formula is C25H16ClN5O2S. The summed E-state index contributed by atoms with van der Waals surface area (Å²) >= 11 is 11.5. The van der Waals surface area contributed by atoms with Crippen molar-refractivity contribution >= 4 is 58.0 Å². The largest absolute Gasteiger partial charge is 0.326 e. The van der Waals surface area contributed by atoms with Crippen molar-refractivity contribution in [2.24, 2.45) is 5.10 Å². The van der Waals surface area contributed by atoms with Crippen molar-refractivity contribution in [2.45, 2.75) is 0 Å². The third-order valence-corrected chi connectivity index (χ3v) is 5.79. The molecule has 1 aliphatic heterocycles. The van der Waals surface area contributed by atoms with E-state index in [1.165, 1.54) is 10.8 Å². The van der Waals surface area contributed by atoms with Gasteiger partial charge in [-0.05, 0) is 54.2 Å². The number of aromatic nitrogens is 2. The lowest BCUT2D eigenvalue weighted by Gasteiger charge is -2.12. The number of hydrazone groups is 1. The van der Waals surface area contributed by atoms with Crippen molar-refractivity contribution in [1.29, 1.82) is 0 Å². The predicted molar refractivity (Wildman–Crippen MR) is 137 cm³/mol. The van der Waals surface area contributed by atoms with Gasteiger partial charge in [-0.2, -0.15) is 10.1 Å². The highest BCUT2D eigenvalue weighted by atomic mass is 35.5. The molecule has 1 saturated heterocycles. The minimum atomic E-state index is -0.449. The minimum absolute atomic E-state index is 0.106. The fraction of sp³-hybridized carbons (Fsp3) is 0. The minimum Gasteiger partial charge on any atom is -0.326 e. The third kappa shape index (κ3) is 4.00. The summed E-state index contributed by atoms with van der Waals surface area (Å²) in [7, 11) is 0. The van der Waals surface area contributed by atoms with Crippen LogP contribution in [0.15, 0.2) is 94.5 Å². The van der Waals surface area contributed by atoms with Gasteiger partial charge in [-0.3, -0.25) is 14.2 Å². The number of carbonyl (C=O) groups is 1. The molecule has 34 heavy (non-hydrogen) atoms. The highest BCUT2D eigenvalue weighted by molar-refractivity contribution is 7.80. The highest BCUT2D eigenvalue weighted by Gasteiger charge is 2.31. The van der Waals surface area contributed by atoms with Gasteiger partial charge >= 0.3 is 0 Å². The number of hydrogen-bond donors (Lipinski definition) is 1. The summed E-state index contributed by atoms with van der Waals surface area (Å²) in [5, 5.41) is 9.26. The molecule has 0 unspecified atom stereocenters. The average molecular weight is 486 g/mol. The Hall–Kier alpha value is -4.14. The number of benzene rings is 3. The number of halogens is 1. The first kappa shape index (κ1) is 21.7. The quantitative estimate of drug-likeness (QED) is 0.267. The van der Waals surface area contributed by atoms with Gasteiger partial charge in [0.05, 0.1) is 22.8 Å². The van der Waals surface area contributed by atoms with Crippen LogP contribution in [0.5, 0.6) is 0 Å². The first-order valence-electron chi connectivity index (χ1n) is 10.3. The van der Waals surface area contributed by atoms with Crippen molar-refractivity contribution in [3.63, 3.8) is 0 Å². The van der Waals surface area contributed by atoms with E-state index >= 15 is 0 Å². The summed E-state index contributed by atoms with van der Waals surface area (Å²) in [6.45, 7) is 0. The number of hydrogen-bond acceptors (Lipinski definition) is 5. The predicted octanol–water partition coefficient (Wildman–Crippen LogP) is 4.13. The topological polar surface area (TPSA) is 79.6 Å².